The number of nitrogens with one attached hydrogen (secondary N) is 1. The Bertz CT molecular complexity index is 585. The summed E-state index contributed by atoms with van der Waals surface area (Å²) < 4.78 is 1.65. The summed E-state index contributed by atoms with van der Waals surface area (Å²) in [7, 11) is 0. The van der Waals surface area contributed by atoms with Crippen LogP contribution < -0.4 is 5.32 Å². The monoisotopic (exact) mass is 245 g/mol. The zero-order valence-electron chi connectivity index (χ0n) is 9.97. The SMILES string of the molecule is O=C(O)c1cccc2nc(C3CCCCN3)cn12. The number of carbonyl (C=O) groups is 1. The van der Waals surface area contributed by atoms with Crippen molar-refractivity contribution in [3.63, 3.8) is 0 Å². The number of carboxylic acid groups (broad SMARTS) is 1. The standard InChI is InChI=1S/C13H15N3O2/c17-13(18)11-5-3-6-12-15-10(8-16(11)12)9-4-1-2-7-14-9/h3,5-6,8-9,14H,1-2,4,7H2,(H,17,18). The Morgan fingerprint density at radius 2 is 2.33 bits per heavy atom. The maximum absolute atomic E-state index is 11.1. The van der Waals surface area contributed by atoms with Crippen LogP contribution in [-0.2, 0) is 0 Å². The van der Waals surface area contributed by atoms with Gasteiger partial charge in [-0.05, 0) is 31.5 Å². The molecule has 0 radical (unpaired) electrons. The van der Waals surface area contributed by atoms with E-state index in [-0.39, 0.29) is 11.7 Å². The van der Waals surface area contributed by atoms with E-state index in [1.54, 1.807) is 16.5 Å². The first-order valence-corrected chi connectivity index (χ1v) is 6.20. The van der Waals surface area contributed by atoms with Crippen LogP contribution in [0.3, 0.4) is 0 Å². The Morgan fingerprint density at radius 3 is 3.06 bits per heavy atom. The fourth-order valence-electron chi connectivity index (χ4n) is 2.48. The number of fused-ring (bicyclic) bond motifs is 1. The molecule has 3 heterocycles. The molecule has 1 unspecified atom stereocenters. The van der Waals surface area contributed by atoms with E-state index < -0.39 is 5.97 Å². The second kappa shape index (κ2) is 4.42. The van der Waals surface area contributed by atoms with Crippen LogP contribution in [0.5, 0.6) is 0 Å². The molecule has 1 atom stereocenters. The van der Waals surface area contributed by atoms with E-state index in [9.17, 15) is 4.79 Å². The van der Waals surface area contributed by atoms with Crippen molar-refractivity contribution in [1.29, 1.82) is 0 Å². The van der Waals surface area contributed by atoms with Gasteiger partial charge in [-0.1, -0.05) is 12.5 Å². The molecule has 0 aromatic carbocycles. The number of nitrogens with zero attached hydrogens (tertiary/aromatic N) is 2. The van der Waals surface area contributed by atoms with Crippen LogP contribution in [0.4, 0.5) is 0 Å². The lowest BCUT2D eigenvalue weighted by Gasteiger charge is -2.21. The number of rotatable bonds is 2. The predicted octanol–water partition coefficient (Wildman–Crippen LogP) is 1.85. The molecule has 5 heteroatoms. The molecule has 5 nitrogen and oxygen atoms in total. The average molecular weight is 245 g/mol. The lowest BCUT2D eigenvalue weighted by atomic mass is 10.0. The average Bonchev–Trinajstić information content (AvgIpc) is 2.83. The third-order valence-electron chi connectivity index (χ3n) is 3.40. The predicted molar refractivity (Wildman–Crippen MR) is 66.7 cm³/mol. The van der Waals surface area contributed by atoms with Gasteiger partial charge < -0.3 is 10.4 Å². The molecule has 2 aromatic rings. The van der Waals surface area contributed by atoms with E-state index in [1.165, 1.54) is 12.8 Å². The third-order valence-corrected chi connectivity index (χ3v) is 3.40. The Balaban J connectivity index is 2.04. The quantitative estimate of drug-likeness (QED) is 0.847. The van der Waals surface area contributed by atoms with Gasteiger partial charge >= 0.3 is 5.97 Å². The van der Waals surface area contributed by atoms with Crippen molar-refractivity contribution in [2.75, 3.05) is 6.54 Å². The molecular formula is C13H15N3O2. The van der Waals surface area contributed by atoms with Crippen molar-refractivity contribution in [3.05, 3.63) is 35.8 Å². The zero-order chi connectivity index (χ0) is 12.5. The summed E-state index contributed by atoms with van der Waals surface area (Å²) in [6.07, 6.45) is 5.29. The minimum Gasteiger partial charge on any atom is -0.477 e. The van der Waals surface area contributed by atoms with Crippen LogP contribution in [0.2, 0.25) is 0 Å². The molecule has 0 spiro atoms. The molecule has 0 aliphatic carbocycles. The van der Waals surface area contributed by atoms with Gasteiger partial charge in [-0.15, -0.1) is 0 Å². The lowest BCUT2D eigenvalue weighted by Crippen LogP contribution is -2.26. The second-order valence-electron chi connectivity index (χ2n) is 4.61. The van der Waals surface area contributed by atoms with Crippen LogP contribution in [0.15, 0.2) is 24.4 Å². The maximum atomic E-state index is 11.1. The Hall–Kier alpha value is -1.88. The fourth-order valence-corrected chi connectivity index (χ4v) is 2.48. The summed E-state index contributed by atoms with van der Waals surface area (Å²) in [5.74, 6) is -0.929. The summed E-state index contributed by atoms with van der Waals surface area (Å²) in [6.45, 7) is 1.00. The molecule has 18 heavy (non-hydrogen) atoms. The van der Waals surface area contributed by atoms with E-state index in [2.05, 4.69) is 10.3 Å². The molecule has 2 N–H and O–H groups in total. The number of aromatic nitrogens is 2. The van der Waals surface area contributed by atoms with Crippen LogP contribution in [-0.4, -0.2) is 27.0 Å². The number of hydrogen-bond acceptors (Lipinski definition) is 3. The Morgan fingerprint density at radius 1 is 1.44 bits per heavy atom. The minimum absolute atomic E-state index is 0.250. The molecule has 3 rings (SSSR count). The Labute approximate surface area is 104 Å². The van der Waals surface area contributed by atoms with Crippen molar-refractivity contribution in [3.8, 4) is 0 Å². The maximum Gasteiger partial charge on any atom is 0.352 e. The number of imidazole rings is 1. The molecule has 2 aromatic heterocycles. The molecule has 0 bridgehead atoms. The van der Waals surface area contributed by atoms with Crippen molar-refractivity contribution in [2.24, 2.45) is 0 Å². The van der Waals surface area contributed by atoms with Gasteiger partial charge in [0.1, 0.15) is 11.3 Å². The molecule has 1 aliphatic heterocycles. The van der Waals surface area contributed by atoms with Crippen LogP contribution in [0.25, 0.3) is 5.65 Å². The summed E-state index contributed by atoms with van der Waals surface area (Å²) in [5, 5.41) is 12.6. The van der Waals surface area contributed by atoms with Gasteiger partial charge in [0.25, 0.3) is 0 Å². The van der Waals surface area contributed by atoms with Gasteiger partial charge in [-0.2, -0.15) is 0 Å². The number of pyridine rings is 1. The largest absolute Gasteiger partial charge is 0.477 e. The highest BCUT2D eigenvalue weighted by atomic mass is 16.4. The van der Waals surface area contributed by atoms with Crippen LogP contribution in [0, 0.1) is 0 Å². The number of piperidine rings is 1. The van der Waals surface area contributed by atoms with E-state index >= 15 is 0 Å². The van der Waals surface area contributed by atoms with Crippen molar-refractivity contribution < 1.29 is 9.90 Å². The highest BCUT2D eigenvalue weighted by Crippen LogP contribution is 2.23. The molecule has 1 aliphatic rings. The number of hydrogen-bond donors (Lipinski definition) is 2. The third kappa shape index (κ3) is 1.86. The second-order valence-corrected chi connectivity index (χ2v) is 4.61. The zero-order valence-corrected chi connectivity index (χ0v) is 9.97. The molecule has 1 saturated heterocycles. The summed E-state index contributed by atoms with van der Waals surface area (Å²) in [4.78, 5) is 15.7. The number of carboxylic acids is 1. The Kier molecular flexibility index (Phi) is 2.76. The van der Waals surface area contributed by atoms with E-state index in [1.807, 2.05) is 12.3 Å². The highest BCUT2D eigenvalue weighted by molar-refractivity contribution is 5.86. The molecule has 0 amide bonds. The van der Waals surface area contributed by atoms with Crippen LogP contribution in [0.1, 0.15) is 41.5 Å². The molecule has 1 fully saturated rings. The van der Waals surface area contributed by atoms with E-state index in [0.717, 1.165) is 18.7 Å². The van der Waals surface area contributed by atoms with E-state index in [4.69, 9.17) is 5.11 Å². The smallest absolute Gasteiger partial charge is 0.352 e. The van der Waals surface area contributed by atoms with E-state index in [0.29, 0.717) is 5.65 Å². The minimum atomic E-state index is -0.929. The van der Waals surface area contributed by atoms with Crippen molar-refractivity contribution in [1.82, 2.24) is 14.7 Å². The number of aromatic carboxylic acids is 1. The van der Waals surface area contributed by atoms with Gasteiger partial charge in [0, 0.05) is 6.20 Å². The lowest BCUT2D eigenvalue weighted by molar-refractivity contribution is 0.0689. The fraction of sp³-hybridized carbons (Fsp3) is 0.385. The first-order valence-electron chi connectivity index (χ1n) is 6.20. The first kappa shape index (κ1) is 11.2. The van der Waals surface area contributed by atoms with Gasteiger partial charge in [-0.25, -0.2) is 9.78 Å². The van der Waals surface area contributed by atoms with Gasteiger partial charge in [0.05, 0.1) is 11.7 Å². The summed E-state index contributed by atoms with van der Waals surface area (Å²) in [6, 6.07) is 5.40. The highest BCUT2D eigenvalue weighted by Gasteiger charge is 2.19. The molecule has 94 valence electrons. The van der Waals surface area contributed by atoms with Crippen LogP contribution >= 0.6 is 0 Å². The van der Waals surface area contributed by atoms with Crippen molar-refractivity contribution in [2.45, 2.75) is 25.3 Å². The first-order chi connectivity index (χ1) is 8.75. The van der Waals surface area contributed by atoms with Gasteiger partial charge in [-0.3, -0.25) is 4.40 Å². The normalized spacial score (nSPS) is 20.1. The van der Waals surface area contributed by atoms with Gasteiger partial charge in [0.2, 0.25) is 0 Å². The molecule has 0 saturated carbocycles. The summed E-state index contributed by atoms with van der Waals surface area (Å²) in [5.41, 5.74) is 1.88. The topological polar surface area (TPSA) is 66.6 Å². The van der Waals surface area contributed by atoms with Crippen molar-refractivity contribution >= 4 is 11.6 Å². The summed E-state index contributed by atoms with van der Waals surface area (Å²) >= 11 is 0. The van der Waals surface area contributed by atoms with Gasteiger partial charge in [0.15, 0.2) is 0 Å². The molecular weight excluding hydrogens is 230 g/mol.